The molecule has 2 aromatic carbocycles. The molecule has 0 spiro atoms. The maximum Gasteiger partial charge on any atom is 0.252 e. The van der Waals surface area contributed by atoms with Crippen molar-refractivity contribution < 1.29 is 4.79 Å². The fraction of sp³-hybridized carbons (Fsp3) is 0.276. The van der Waals surface area contributed by atoms with E-state index >= 15 is 0 Å². The predicted molar refractivity (Wildman–Crippen MR) is 136 cm³/mol. The number of nitrogens with zero attached hydrogens (tertiary/aromatic N) is 3. The van der Waals surface area contributed by atoms with E-state index in [0.29, 0.717) is 18.0 Å². The van der Waals surface area contributed by atoms with Gasteiger partial charge in [0.1, 0.15) is 0 Å². The fourth-order valence-electron chi connectivity index (χ4n) is 4.66. The van der Waals surface area contributed by atoms with Crippen molar-refractivity contribution in [2.75, 3.05) is 19.6 Å². The summed E-state index contributed by atoms with van der Waals surface area (Å²) in [4.78, 5) is 24.7. The van der Waals surface area contributed by atoms with Crippen LogP contribution in [0.4, 0.5) is 0 Å². The van der Waals surface area contributed by atoms with Crippen molar-refractivity contribution in [1.29, 1.82) is 0 Å². The zero-order valence-electron chi connectivity index (χ0n) is 19.6. The molecular weight excluding hydrogens is 420 g/mol. The second-order valence-corrected chi connectivity index (χ2v) is 9.23. The van der Waals surface area contributed by atoms with Crippen molar-refractivity contribution in [3.8, 4) is 11.3 Å². The Hall–Kier alpha value is -3.57. The number of benzene rings is 2. The van der Waals surface area contributed by atoms with E-state index < -0.39 is 0 Å². The number of piperidine rings is 1. The fourth-order valence-corrected chi connectivity index (χ4v) is 4.66. The van der Waals surface area contributed by atoms with E-state index in [4.69, 9.17) is 4.98 Å². The summed E-state index contributed by atoms with van der Waals surface area (Å²) in [6, 6.07) is 22.4. The lowest BCUT2D eigenvalue weighted by atomic mass is 9.96. The average Bonchev–Trinajstić information content (AvgIpc) is 2.89. The molecule has 1 aliphatic heterocycles. The van der Waals surface area contributed by atoms with Crippen LogP contribution in [-0.4, -0.2) is 40.4 Å². The van der Waals surface area contributed by atoms with Crippen molar-refractivity contribution in [2.45, 2.75) is 26.3 Å². The SMILES string of the molecule is Cc1ccc(CN2CCC(CNC(=O)c3cc(-c4cccnc4)nc4ccccc34)CC2)cc1. The number of aryl methyl sites for hydroxylation is 1. The quantitative estimate of drug-likeness (QED) is 0.436. The van der Waals surface area contributed by atoms with E-state index in [-0.39, 0.29) is 5.91 Å². The van der Waals surface area contributed by atoms with Crippen LogP contribution in [0.2, 0.25) is 0 Å². The summed E-state index contributed by atoms with van der Waals surface area (Å²) >= 11 is 0. The Kier molecular flexibility index (Phi) is 6.63. The highest BCUT2D eigenvalue weighted by Crippen LogP contribution is 2.25. The lowest BCUT2D eigenvalue weighted by Crippen LogP contribution is -2.38. The first-order chi connectivity index (χ1) is 16.7. The molecule has 34 heavy (non-hydrogen) atoms. The molecule has 1 N–H and O–H groups in total. The molecule has 0 aliphatic carbocycles. The van der Waals surface area contributed by atoms with Crippen LogP contribution in [0.15, 0.2) is 79.1 Å². The molecule has 3 heterocycles. The Bertz CT molecular complexity index is 1260. The van der Waals surface area contributed by atoms with Gasteiger partial charge >= 0.3 is 0 Å². The monoisotopic (exact) mass is 450 g/mol. The predicted octanol–water partition coefficient (Wildman–Crippen LogP) is 5.25. The number of aromatic nitrogens is 2. The van der Waals surface area contributed by atoms with Gasteiger partial charge in [-0.15, -0.1) is 0 Å². The number of pyridine rings is 2. The molecule has 4 aromatic rings. The highest BCUT2D eigenvalue weighted by atomic mass is 16.1. The minimum atomic E-state index is -0.0363. The molecule has 5 nitrogen and oxygen atoms in total. The van der Waals surface area contributed by atoms with Gasteiger partial charge < -0.3 is 5.32 Å². The highest BCUT2D eigenvalue weighted by molar-refractivity contribution is 6.07. The summed E-state index contributed by atoms with van der Waals surface area (Å²) < 4.78 is 0. The number of fused-ring (bicyclic) bond motifs is 1. The third-order valence-corrected chi connectivity index (χ3v) is 6.70. The average molecular weight is 451 g/mol. The summed E-state index contributed by atoms with van der Waals surface area (Å²) in [7, 11) is 0. The van der Waals surface area contributed by atoms with Gasteiger partial charge in [0.25, 0.3) is 5.91 Å². The minimum absolute atomic E-state index is 0.0363. The van der Waals surface area contributed by atoms with E-state index in [0.717, 1.165) is 54.6 Å². The van der Waals surface area contributed by atoms with Gasteiger partial charge in [0.15, 0.2) is 0 Å². The molecule has 0 bridgehead atoms. The molecular formula is C29H30N4O. The Labute approximate surface area is 200 Å². The van der Waals surface area contributed by atoms with E-state index in [1.165, 1.54) is 11.1 Å². The van der Waals surface area contributed by atoms with E-state index in [2.05, 4.69) is 46.4 Å². The molecule has 5 rings (SSSR count). The second-order valence-electron chi connectivity index (χ2n) is 9.23. The molecule has 1 saturated heterocycles. The third kappa shape index (κ3) is 5.15. The largest absolute Gasteiger partial charge is 0.352 e. The third-order valence-electron chi connectivity index (χ3n) is 6.70. The van der Waals surface area contributed by atoms with Gasteiger partial charge in [-0.05, 0) is 68.6 Å². The van der Waals surface area contributed by atoms with Crippen LogP contribution in [0, 0.1) is 12.8 Å². The van der Waals surface area contributed by atoms with Crippen molar-refractivity contribution >= 4 is 16.8 Å². The molecule has 1 aliphatic rings. The van der Waals surface area contributed by atoms with E-state index in [1.54, 1.807) is 12.4 Å². The molecule has 1 fully saturated rings. The van der Waals surface area contributed by atoms with Crippen LogP contribution in [0.25, 0.3) is 22.2 Å². The number of likely N-dealkylation sites (tertiary alicyclic amines) is 1. The molecule has 0 saturated carbocycles. The summed E-state index contributed by atoms with van der Waals surface area (Å²) in [6.07, 6.45) is 5.72. The summed E-state index contributed by atoms with van der Waals surface area (Å²) in [5.74, 6) is 0.468. The van der Waals surface area contributed by atoms with Crippen LogP contribution in [0.1, 0.15) is 34.3 Å². The smallest absolute Gasteiger partial charge is 0.252 e. The van der Waals surface area contributed by atoms with Gasteiger partial charge in [0, 0.05) is 36.4 Å². The first kappa shape index (κ1) is 22.2. The Morgan fingerprint density at radius 2 is 1.82 bits per heavy atom. The Morgan fingerprint density at radius 3 is 2.59 bits per heavy atom. The molecule has 0 unspecified atom stereocenters. The second kappa shape index (κ2) is 10.1. The standard InChI is InChI=1S/C29H30N4O/c1-21-8-10-23(11-9-21)20-33-15-12-22(13-16-33)18-31-29(34)26-17-28(24-5-4-14-30-19-24)32-27-7-3-2-6-25(26)27/h2-11,14,17,19,22H,12-13,15-16,18,20H2,1H3,(H,31,34). The number of para-hydroxylation sites is 1. The lowest BCUT2D eigenvalue weighted by Gasteiger charge is -2.32. The first-order valence-corrected chi connectivity index (χ1v) is 12.0. The van der Waals surface area contributed by atoms with Gasteiger partial charge in [-0.1, -0.05) is 48.0 Å². The Balaban J connectivity index is 1.23. The number of amides is 1. The van der Waals surface area contributed by atoms with Crippen molar-refractivity contribution in [3.63, 3.8) is 0 Å². The molecule has 172 valence electrons. The lowest BCUT2D eigenvalue weighted by molar-refractivity contribution is 0.0937. The van der Waals surface area contributed by atoms with E-state index in [9.17, 15) is 4.79 Å². The molecule has 1 amide bonds. The molecule has 0 atom stereocenters. The van der Waals surface area contributed by atoms with Crippen molar-refractivity contribution in [1.82, 2.24) is 20.2 Å². The maximum atomic E-state index is 13.3. The number of hydrogen-bond donors (Lipinski definition) is 1. The van der Waals surface area contributed by atoms with Crippen molar-refractivity contribution in [2.24, 2.45) is 5.92 Å². The van der Waals surface area contributed by atoms with Gasteiger partial charge in [-0.3, -0.25) is 14.7 Å². The number of carbonyl (C=O) groups is 1. The molecule has 5 heteroatoms. The maximum absolute atomic E-state index is 13.3. The zero-order valence-corrected chi connectivity index (χ0v) is 19.6. The topological polar surface area (TPSA) is 58.1 Å². The molecule has 2 aromatic heterocycles. The van der Waals surface area contributed by atoms with E-state index in [1.807, 2.05) is 42.5 Å². The molecule has 0 radical (unpaired) electrons. The van der Waals surface area contributed by atoms with Crippen LogP contribution >= 0.6 is 0 Å². The van der Waals surface area contributed by atoms with Gasteiger partial charge in [-0.2, -0.15) is 0 Å². The van der Waals surface area contributed by atoms with Gasteiger partial charge in [0.05, 0.1) is 16.8 Å². The van der Waals surface area contributed by atoms with Crippen LogP contribution in [-0.2, 0) is 6.54 Å². The highest BCUT2D eigenvalue weighted by Gasteiger charge is 2.21. The summed E-state index contributed by atoms with van der Waals surface area (Å²) in [6.45, 7) is 5.96. The Morgan fingerprint density at radius 1 is 1.03 bits per heavy atom. The van der Waals surface area contributed by atoms with Crippen LogP contribution < -0.4 is 5.32 Å². The summed E-state index contributed by atoms with van der Waals surface area (Å²) in [5, 5.41) is 4.08. The number of carbonyl (C=O) groups excluding carboxylic acids is 1. The number of rotatable bonds is 6. The number of nitrogens with one attached hydrogen (secondary N) is 1. The van der Waals surface area contributed by atoms with Gasteiger partial charge in [0.2, 0.25) is 0 Å². The minimum Gasteiger partial charge on any atom is -0.352 e. The van der Waals surface area contributed by atoms with Crippen LogP contribution in [0.5, 0.6) is 0 Å². The first-order valence-electron chi connectivity index (χ1n) is 12.0. The van der Waals surface area contributed by atoms with Crippen LogP contribution in [0.3, 0.4) is 0 Å². The number of hydrogen-bond acceptors (Lipinski definition) is 4. The normalized spacial score (nSPS) is 14.9. The zero-order chi connectivity index (χ0) is 23.3. The van der Waals surface area contributed by atoms with Gasteiger partial charge in [-0.25, -0.2) is 4.98 Å². The summed E-state index contributed by atoms with van der Waals surface area (Å²) in [5.41, 5.74) is 5.82. The van der Waals surface area contributed by atoms with Crippen molar-refractivity contribution in [3.05, 3.63) is 95.8 Å².